The summed E-state index contributed by atoms with van der Waals surface area (Å²) < 4.78 is 19.7. The highest BCUT2D eigenvalue weighted by Gasteiger charge is 2.30. The van der Waals surface area contributed by atoms with Crippen LogP contribution in [0.4, 0.5) is 10.1 Å². The molecular weight excluding hydrogens is 576 g/mol. The van der Waals surface area contributed by atoms with Gasteiger partial charge in [-0.15, -0.1) is 11.3 Å². The van der Waals surface area contributed by atoms with Gasteiger partial charge in [0.2, 0.25) is 12.0 Å². The Labute approximate surface area is 234 Å². The molecule has 1 aliphatic heterocycles. The number of nitrogens with one attached hydrogen (secondary N) is 2. The molecule has 1 unspecified atom stereocenters. The average Bonchev–Trinajstić information content (AvgIpc) is 3.36. The van der Waals surface area contributed by atoms with Crippen LogP contribution >= 0.6 is 46.1 Å². The van der Waals surface area contributed by atoms with Crippen LogP contribution in [0.3, 0.4) is 0 Å². The van der Waals surface area contributed by atoms with Crippen molar-refractivity contribution in [3.63, 3.8) is 0 Å². The molecule has 38 heavy (non-hydrogen) atoms. The quantitative estimate of drug-likeness (QED) is 0.297. The van der Waals surface area contributed by atoms with Gasteiger partial charge in [-0.25, -0.2) is 19.4 Å². The minimum atomic E-state index is -1.44. The van der Waals surface area contributed by atoms with Gasteiger partial charge in [-0.3, -0.25) is 9.59 Å². The van der Waals surface area contributed by atoms with Crippen molar-refractivity contribution >= 4 is 69.4 Å². The van der Waals surface area contributed by atoms with Crippen molar-refractivity contribution in [1.82, 2.24) is 15.3 Å². The number of para-hydroxylation sites is 1. The zero-order valence-electron chi connectivity index (χ0n) is 19.0. The van der Waals surface area contributed by atoms with Crippen molar-refractivity contribution in [3.8, 4) is 5.88 Å². The molecule has 1 aliphatic rings. The number of ether oxygens (including phenoxy) is 1. The van der Waals surface area contributed by atoms with Crippen LogP contribution in [-0.2, 0) is 11.4 Å². The normalized spacial score (nSPS) is 14.7. The largest absolute Gasteiger partial charge is 0.470 e. The number of aromatic nitrogens is 2. The fraction of sp³-hybridized carbons (Fsp3) is 0.0800. The second-order valence-corrected chi connectivity index (χ2v) is 10.1. The lowest BCUT2D eigenvalue weighted by atomic mass is 10.0. The number of aliphatic imine (C=N–C) groups is 1. The first-order valence-corrected chi connectivity index (χ1v) is 12.9. The highest BCUT2D eigenvalue weighted by molar-refractivity contribution is 7.09. The van der Waals surface area contributed by atoms with Crippen LogP contribution in [0.2, 0.25) is 15.1 Å². The van der Waals surface area contributed by atoms with E-state index in [0.717, 1.165) is 12.3 Å². The van der Waals surface area contributed by atoms with Gasteiger partial charge >= 0.3 is 0 Å². The minimum Gasteiger partial charge on any atom is -0.470 e. The molecule has 2 N–H and O–H groups in total. The van der Waals surface area contributed by atoms with E-state index in [1.165, 1.54) is 23.5 Å². The maximum absolute atomic E-state index is 14.1. The summed E-state index contributed by atoms with van der Waals surface area (Å²) >= 11 is 20.4. The number of anilines is 1. The number of hydrogen-bond donors (Lipinski definition) is 2. The number of halogens is 4. The Morgan fingerprint density at radius 2 is 1.89 bits per heavy atom. The zero-order valence-corrected chi connectivity index (χ0v) is 22.1. The van der Waals surface area contributed by atoms with Crippen molar-refractivity contribution in [2.75, 3.05) is 5.32 Å². The minimum absolute atomic E-state index is 0.0195. The van der Waals surface area contributed by atoms with E-state index in [2.05, 4.69) is 25.6 Å². The molecule has 5 rings (SSSR count). The van der Waals surface area contributed by atoms with Crippen molar-refractivity contribution in [2.24, 2.45) is 4.99 Å². The SMILES string of the molecule is O=C(NC1N=C(c2c(Cl)cc(Cl)cc2Cl)c2ccccc2NC1=O)c1cc(F)cnc1OCc1nccs1. The summed E-state index contributed by atoms with van der Waals surface area (Å²) in [6, 6.07) is 10.8. The first kappa shape index (κ1) is 26.1. The fourth-order valence-electron chi connectivity index (χ4n) is 3.68. The number of fused-ring (bicyclic) bond motifs is 1. The Hall–Kier alpha value is -3.57. The van der Waals surface area contributed by atoms with Gasteiger partial charge < -0.3 is 15.4 Å². The molecule has 1 atom stereocenters. The lowest BCUT2D eigenvalue weighted by Crippen LogP contribution is -2.42. The fourth-order valence-corrected chi connectivity index (χ4v) is 5.21. The van der Waals surface area contributed by atoms with Gasteiger partial charge in [0, 0.05) is 27.7 Å². The number of amides is 2. The second kappa shape index (κ2) is 11.0. The topological polar surface area (TPSA) is 106 Å². The van der Waals surface area contributed by atoms with E-state index in [-0.39, 0.29) is 33.8 Å². The molecule has 8 nitrogen and oxygen atoms in total. The van der Waals surface area contributed by atoms with Crippen molar-refractivity contribution in [1.29, 1.82) is 0 Å². The third kappa shape index (κ3) is 5.48. The number of benzene rings is 2. The number of benzodiazepines with no additional fused rings is 1. The van der Waals surface area contributed by atoms with Gasteiger partial charge in [0.05, 0.1) is 27.6 Å². The Balaban J connectivity index is 1.52. The van der Waals surface area contributed by atoms with E-state index in [1.54, 1.807) is 35.8 Å². The standard InChI is InChI=1S/C25H15Cl3FN5O3S/c26-12-7-16(27)20(17(28)8-12)21-14-3-1-2-4-18(14)32-24(36)22(33-21)34-23(35)15-9-13(29)10-31-25(15)37-11-19-30-5-6-38-19/h1-10,22H,11H2,(H,32,36)(H,34,35). The van der Waals surface area contributed by atoms with Crippen LogP contribution in [0.1, 0.15) is 26.5 Å². The highest BCUT2D eigenvalue weighted by Crippen LogP contribution is 2.34. The number of pyridine rings is 1. The van der Waals surface area contributed by atoms with Crippen molar-refractivity contribution in [2.45, 2.75) is 12.8 Å². The van der Waals surface area contributed by atoms with E-state index < -0.39 is 23.8 Å². The van der Waals surface area contributed by atoms with Crippen LogP contribution in [0, 0.1) is 5.82 Å². The molecule has 2 aromatic carbocycles. The molecule has 0 spiro atoms. The van der Waals surface area contributed by atoms with Crippen molar-refractivity contribution in [3.05, 3.63) is 103 Å². The molecule has 0 saturated carbocycles. The molecule has 0 saturated heterocycles. The van der Waals surface area contributed by atoms with Gasteiger partial charge in [0.1, 0.15) is 23.0 Å². The van der Waals surface area contributed by atoms with Gasteiger partial charge in [-0.1, -0.05) is 53.0 Å². The Bertz CT molecular complexity index is 1560. The predicted octanol–water partition coefficient (Wildman–Crippen LogP) is 5.76. The smallest absolute Gasteiger partial charge is 0.269 e. The maximum atomic E-state index is 14.1. The molecule has 0 bridgehead atoms. The summed E-state index contributed by atoms with van der Waals surface area (Å²) in [5.74, 6) is -2.38. The van der Waals surface area contributed by atoms with Gasteiger partial charge in [0.15, 0.2) is 0 Å². The van der Waals surface area contributed by atoms with Crippen LogP contribution in [0.5, 0.6) is 5.88 Å². The molecule has 4 aromatic rings. The average molecular weight is 591 g/mol. The van der Waals surface area contributed by atoms with E-state index >= 15 is 0 Å². The Morgan fingerprint density at radius 1 is 1.13 bits per heavy atom. The second-order valence-electron chi connectivity index (χ2n) is 7.85. The molecule has 2 amide bonds. The van der Waals surface area contributed by atoms with Gasteiger partial charge in [-0.2, -0.15) is 0 Å². The summed E-state index contributed by atoms with van der Waals surface area (Å²) in [6.07, 6.45) is 1.08. The highest BCUT2D eigenvalue weighted by atomic mass is 35.5. The van der Waals surface area contributed by atoms with E-state index in [4.69, 9.17) is 39.5 Å². The van der Waals surface area contributed by atoms with Gasteiger partial charge in [-0.05, 0) is 24.3 Å². The summed E-state index contributed by atoms with van der Waals surface area (Å²) in [5.41, 5.74) is 1.28. The zero-order chi connectivity index (χ0) is 26.8. The number of hydrogen-bond acceptors (Lipinski definition) is 7. The number of nitrogens with zero attached hydrogens (tertiary/aromatic N) is 3. The Kier molecular flexibility index (Phi) is 7.57. The first-order chi connectivity index (χ1) is 18.3. The van der Waals surface area contributed by atoms with E-state index in [1.807, 2.05) is 0 Å². The number of thiazole rings is 1. The summed E-state index contributed by atoms with van der Waals surface area (Å²) in [4.78, 5) is 38.9. The van der Waals surface area contributed by atoms with Crippen LogP contribution in [0.15, 0.2) is 65.2 Å². The summed E-state index contributed by atoms with van der Waals surface area (Å²) in [7, 11) is 0. The predicted molar refractivity (Wildman–Crippen MR) is 144 cm³/mol. The summed E-state index contributed by atoms with van der Waals surface area (Å²) in [5, 5.41) is 8.37. The van der Waals surface area contributed by atoms with Crippen molar-refractivity contribution < 1.29 is 18.7 Å². The maximum Gasteiger partial charge on any atom is 0.269 e. The summed E-state index contributed by atoms with van der Waals surface area (Å²) in [6.45, 7) is 0.0195. The molecule has 2 aromatic heterocycles. The lowest BCUT2D eigenvalue weighted by molar-refractivity contribution is -0.117. The molecule has 192 valence electrons. The Morgan fingerprint density at radius 3 is 2.63 bits per heavy atom. The lowest BCUT2D eigenvalue weighted by Gasteiger charge is -2.15. The van der Waals surface area contributed by atoms with E-state index in [0.29, 0.717) is 26.8 Å². The molecule has 0 radical (unpaired) electrons. The molecular formula is C25H15Cl3FN5O3S. The van der Waals surface area contributed by atoms with E-state index in [9.17, 15) is 14.0 Å². The number of carbonyl (C=O) groups is 2. The number of rotatable bonds is 6. The monoisotopic (exact) mass is 589 g/mol. The third-order valence-corrected chi connectivity index (χ3v) is 6.90. The molecule has 0 aliphatic carbocycles. The third-order valence-electron chi connectivity index (χ3n) is 5.34. The van der Waals surface area contributed by atoms with Crippen LogP contribution in [0.25, 0.3) is 0 Å². The molecule has 3 heterocycles. The molecule has 13 heteroatoms. The number of carbonyl (C=O) groups excluding carboxylic acids is 2. The first-order valence-electron chi connectivity index (χ1n) is 10.9. The van der Waals surface area contributed by atoms with Crippen LogP contribution < -0.4 is 15.4 Å². The van der Waals surface area contributed by atoms with Gasteiger partial charge in [0.25, 0.3) is 11.8 Å². The van der Waals surface area contributed by atoms with Crippen LogP contribution in [-0.4, -0.2) is 33.7 Å². The molecule has 0 fully saturated rings.